The Hall–Kier alpha value is -0.400. The lowest BCUT2D eigenvalue weighted by molar-refractivity contribution is 0.316. The summed E-state index contributed by atoms with van der Waals surface area (Å²) in [5.41, 5.74) is 1.03. The molecule has 1 rings (SSSR count). The molecule has 0 bridgehead atoms. The lowest BCUT2D eigenvalue weighted by Gasteiger charge is -2.08. The first-order chi connectivity index (χ1) is 6.38. The smallest absolute Gasteiger partial charge is 0.123 e. The predicted octanol–water partition coefficient (Wildman–Crippen LogP) is 3.43. The van der Waals surface area contributed by atoms with Gasteiger partial charge in [0, 0.05) is 11.4 Å². The maximum Gasteiger partial charge on any atom is 0.123 e. The van der Waals surface area contributed by atoms with Crippen LogP contribution < -0.4 is 4.74 Å². The fourth-order valence-corrected chi connectivity index (χ4v) is 1.32. The molecule has 0 saturated carbocycles. The summed E-state index contributed by atoms with van der Waals surface area (Å²) < 4.78 is 5.50. The van der Waals surface area contributed by atoms with E-state index in [4.69, 9.17) is 27.9 Å². The largest absolute Gasteiger partial charge is 0.493 e. The highest BCUT2D eigenvalue weighted by Gasteiger charge is 1.99. The summed E-state index contributed by atoms with van der Waals surface area (Å²) in [6.07, 6.45) is 0.859. The van der Waals surface area contributed by atoms with Gasteiger partial charge in [-0.2, -0.15) is 0 Å². The van der Waals surface area contributed by atoms with E-state index in [-0.39, 0.29) is 0 Å². The van der Waals surface area contributed by atoms with Crippen LogP contribution in [-0.4, -0.2) is 12.5 Å². The van der Waals surface area contributed by atoms with Crippen molar-refractivity contribution in [2.75, 3.05) is 12.5 Å². The summed E-state index contributed by atoms with van der Waals surface area (Å²) in [4.78, 5) is 0. The zero-order valence-corrected chi connectivity index (χ0v) is 8.81. The van der Waals surface area contributed by atoms with E-state index < -0.39 is 0 Å². The highest BCUT2D eigenvalue weighted by Crippen LogP contribution is 2.19. The van der Waals surface area contributed by atoms with E-state index in [1.807, 2.05) is 24.3 Å². The molecule has 13 heavy (non-hydrogen) atoms. The third-order valence-corrected chi connectivity index (χ3v) is 2.21. The second-order valence-corrected chi connectivity index (χ2v) is 3.28. The topological polar surface area (TPSA) is 9.23 Å². The minimum atomic E-state index is 0.483. The average Bonchev–Trinajstić information content (AvgIpc) is 2.19. The molecule has 0 aromatic heterocycles. The second-order valence-electron chi connectivity index (χ2n) is 2.63. The van der Waals surface area contributed by atoms with Crippen LogP contribution in [0, 0.1) is 0 Å². The van der Waals surface area contributed by atoms with Gasteiger partial charge >= 0.3 is 0 Å². The molecule has 1 nitrogen and oxygen atoms in total. The minimum absolute atomic E-state index is 0.483. The maximum atomic E-state index is 5.74. The van der Waals surface area contributed by atoms with Gasteiger partial charge in [-0.1, -0.05) is 18.2 Å². The fourth-order valence-electron chi connectivity index (χ4n) is 0.992. The van der Waals surface area contributed by atoms with Gasteiger partial charge in [-0.3, -0.25) is 0 Å². The summed E-state index contributed by atoms with van der Waals surface area (Å²) in [7, 11) is 0. The monoisotopic (exact) mass is 218 g/mol. The van der Waals surface area contributed by atoms with Crippen LogP contribution >= 0.6 is 23.2 Å². The van der Waals surface area contributed by atoms with E-state index in [1.165, 1.54) is 0 Å². The average molecular weight is 219 g/mol. The van der Waals surface area contributed by atoms with Gasteiger partial charge in [0.2, 0.25) is 0 Å². The number of ether oxygens (including phenoxy) is 1. The Labute approximate surface area is 88.6 Å². The van der Waals surface area contributed by atoms with Crippen molar-refractivity contribution in [2.24, 2.45) is 0 Å². The van der Waals surface area contributed by atoms with Crippen molar-refractivity contribution < 1.29 is 4.74 Å². The molecule has 1 aromatic rings. The number of para-hydroxylation sites is 1. The molecule has 0 radical (unpaired) electrons. The molecule has 1 aromatic carbocycles. The van der Waals surface area contributed by atoms with Gasteiger partial charge < -0.3 is 4.74 Å². The van der Waals surface area contributed by atoms with Crippen LogP contribution in [0.4, 0.5) is 0 Å². The highest BCUT2D eigenvalue weighted by atomic mass is 35.5. The molecule has 0 amide bonds. The number of hydrogen-bond donors (Lipinski definition) is 0. The van der Waals surface area contributed by atoms with Crippen molar-refractivity contribution in [1.82, 2.24) is 0 Å². The van der Waals surface area contributed by atoms with Crippen LogP contribution in [0.5, 0.6) is 5.75 Å². The molecule has 0 heterocycles. The number of hydrogen-bond acceptors (Lipinski definition) is 1. The fraction of sp³-hybridized carbons (Fsp3) is 0.400. The van der Waals surface area contributed by atoms with Crippen LogP contribution in [0.25, 0.3) is 0 Å². The van der Waals surface area contributed by atoms with E-state index in [1.54, 1.807) is 0 Å². The Morgan fingerprint density at radius 2 is 1.92 bits per heavy atom. The molecule has 0 unspecified atom stereocenters. The first kappa shape index (κ1) is 10.7. The summed E-state index contributed by atoms with van der Waals surface area (Å²) in [5, 5.41) is 0. The molecule has 0 saturated heterocycles. The SMILES string of the molecule is ClCCCOc1ccccc1CCl. The third kappa shape index (κ3) is 3.45. The summed E-state index contributed by atoms with van der Waals surface area (Å²) >= 11 is 11.3. The normalized spacial score (nSPS) is 10.0. The van der Waals surface area contributed by atoms with Gasteiger partial charge in [-0.05, 0) is 12.5 Å². The Kier molecular flexibility index (Phi) is 5.02. The molecular formula is C10H12Cl2O. The molecule has 3 heteroatoms. The Balaban J connectivity index is 2.54. The first-order valence-corrected chi connectivity index (χ1v) is 5.28. The first-order valence-electron chi connectivity index (χ1n) is 4.21. The molecule has 0 aliphatic carbocycles. The van der Waals surface area contributed by atoms with E-state index >= 15 is 0 Å². The minimum Gasteiger partial charge on any atom is -0.493 e. The van der Waals surface area contributed by atoms with E-state index in [2.05, 4.69) is 0 Å². The van der Waals surface area contributed by atoms with Crippen LogP contribution in [0.1, 0.15) is 12.0 Å². The summed E-state index contributed by atoms with van der Waals surface area (Å²) in [5.74, 6) is 1.97. The predicted molar refractivity (Wildman–Crippen MR) is 56.8 cm³/mol. The van der Waals surface area contributed by atoms with Gasteiger partial charge in [0.15, 0.2) is 0 Å². The maximum absolute atomic E-state index is 5.74. The van der Waals surface area contributed by atoms with E-state index in [0.29, 0.717) is 18.4 Å². The lowest BCUT2D eigenvalue weighted by Crippen LogP contribution is -1.99. The van der Waals surface area contributed by atoms with Gasteiger partial charge in [0.05, 0.1) is 12.5 Å². The van der Waals surface area contributed by atoms with Crippen LogP contribution in [0.2, 0.25) is 0 Å². The zero-order chi connectivity index (χ0) is 9.52. The number of halogens is 2. The third-order valence-electron chi connectivity index (χ3n) is 1.65. The van der Waals surface area contributed by atoms with Crippen molar-refractivity contribution in [2.45, 2.75) is 12.3 Å². The van der Waals surface area contributed by atoms with Gasteiger partial charge in [-0.25, -0.2) is 0 Å². The molecule has 0 N–H and O–H groups in total. The molecule has 0 spiro atoms. The summed E-state index contributed by atoms with van der Waals surface area (Å²) in [6, 6.07) is 7.77. The second kappa shape index (κ2) is 6.11. The standard InChI is InChI=1S/C10H12Cl2O/c11-6-3-7-13-10-5-2-1-4-9(10)8-12/h1-2,4-5H,3,6-8H2. The zero-order valence-electron chi connectivity index (χ0n) is 7.30. The molecule has 0 aliphatic heterocycles. The molecule has 0 atom stereocenters. The van der Waals surface area contributed by atoms with E-state index in [9.17, 15) is 0 Å². The van der Waals surface area contributed by atoms with Crippen molar-refractivity contribution in [3.8, 4) is 5.75 Å². The van der Waals surface area contributed by atoms with Gasteiger partial charge in [0.25, 0.3) is 0 Å². The van der Waals surface area contributed by atoms with Crippen molar-refractivity contribution in [3.63, 3.8) is 0 Å². The van der Waals surface area contributed by atoms with Crippen molar-refractivity contribution in [3.05, 3.63) is 29.8 Å². The van der Waals surface area contributed by atoms with Crippen molar-refractivity contribution >= 4 is 23.2 Å². The molecular weight excluding hydrogens is 207 g/mol. The molecule has 0 fully saturated rings. The molecule has 0 aliphatic rings. The number of alkyl halides is 2. The highest BCUT2D eigenvalue weighted by molar-refractivity contribution is 6.17. The van der Waals surface area contributed by atoms with Gasteiger partial charge in [-0.15, -0.1) is 23.2 Å². The lowest BCUT2D eigenvalue weighted by atomic mass is 10.2. The number of rotatable bonds is 5. The number of benzene rings is 1. The van der Waals surface area contributed by atoms with Crippen molar-refractivity contribution in [1.29, 1.82) is 0 Å². The van der Waals surface area contributed by atoms with Crippen LogP contribution in [0.3, 0.4) is 0 Å². The molecule has 72 valence electrons. The summed E-state index contributed by atoms with van der Waals surface area (Å²) in [6.45, 7) is 0.650. The van der Waals surface area contributed by atoms with Crippen LogP contribution in [-0.2, 0) is 5.88 Å². The Morgan fingerprint density at radius 3 is 2.62 bits per heavy atom. The quantitative estimate of drug-likeness (QED) is 0.544. The van der Waals surface area contributed by atoms with E-state index in [0.717, 1.165) is 17.7 Å². The Bertz CT molecular complexity index is 250. The van der Waals surface area contributed by atoms with Crippen LogP contribution in [0.15, 0.2) is 24.3 Å². The Morgan fingerprint density at radius 1 is 1.15 bits per heavy atom. The van der Waals surface area contributed by atoms with Gasteiger partial charge in [0.1, 0.15) is 5.75 Å².